The lowest BCUT2D eigenvalue weighted by Gasteiger charge is -2.10. The Balaban J connectivity index is 2.44. The van der Waals surface area contributed by atoms with E-state index in [1.807, 2.05) is 6.92 Å². The number of nitrogens with one attached hydrogen (secondary N) is 1. The van der Waals surface area contributed by atoms with Crippen LogP contribution in [0, 0.1) is 0 Å². The van der Waals surface area contributed by atoms with Crippen LogP contribution in [0.5, 0.6) is 5.75 Å². The molecule has 0 spiro atoms. The molecule has 0 fully saturated rings. The Hall–Kier alpha value is -1.81. The number of carbonyl (C=O) groups is 1. The van der Waals surface area contributed by atoms with Crippen LogP contribution >= 0.6 is 0 Å². The van der Waals surface area contributed by atoms with E-state index in [9.17, 15) is 9.90 Å². The highest BCUT2D eigenvalue weighted by Crippen LogP contribution is 2.19. The van der Waals surface area contributed by atoms with Gasteiger partial charge in [-0.05, 0) is 24.1 Å². The van der Waals surface area contributed by atoms with Crippen LogP contribution in [-0.4, -0.2) is 24.2 Å². The zero-order valence-electron chi connectivity index (χ0n) is 10.6. The molecule has 0 bridgehead atoms. The first-order valence-corrected chi connectivity index (χ1v) is 5.95. The van der Waals surface area contributed by atoms with Crippen molar-refractivity contribution in [1.29, 1.82) is 0 Å². The first kappa shape index (κ1) is 14.3. The van der Waals surface area contributed by atoms with Crippen LogP contribution in [0.3, 0.4) is 0 Å². The van der Waals surface area contributed by atoms with Crippen molar-refractivity contribution in [3.63, 3.8) is 0 Å². The summed E-state index contributed by atoms with van der Waals surface area (Å²) in [6, 6.07) is 7.08. The number of aliphatic hydroxyl groups excluding tert-OH is 1. The Morgan fingerprint density at radius 3 is 2.72 bits per heavy atom. The summed E-state index contributed by atoms with van der Waals surface area (Å²) in [4.78, 5) is 11.3. The van der Waals surface area contributed by atoms with Crippen molar-refractivity contribution in [3.8, 4) is 5.75 Å². The fourth-order valence-corrected chi connectivity index (χ4v) is 1.41. The summed E-state index contributed by atoms with van der Waals surface area (Å²) in [7, 11) is 0. The fraction of sp³-hybridized carbons (Fsp3) is 0.357. The van der Waals surface area contributed by atoms with E-state index >= 15 is 0 Å². The van der Waals surface area contributed by atoms with Crippen molar-refractivity contribution in [1.82, 2.24) is 5.32 Å². The van der Waals surface area contributed by atoms with Crippen LogP contribution in [-0.2, 0) is 4.79 Å². The van der Waals surface area contributed by atoms with Crippen LogP contribution in [0.2, 0.25) is 0 Å². The third-order valence-electron chi connectivity index (χ3n) is 2.47. The number of aliphatic hydroxyl groups is 1. The van der Waals surface area contributed by atoms with Gasteiger partial charge in [-0.1, -0.05) is 25.1 Å². The molecule has 18 heavy (non-hydrogen) atoms. The summed E-state index contributed by atoms with van der Waals surface area (Å²) in [5, 5.41) is 12.2. The predicted octanol–water partition coefficient (Wildman–Crippen LogP) is 1.81. The van der Waals surface area contributed by atoms with Crippen LogP contribution in [0.1, 0.15) is 25.0 Å². The second-order valence-electron chi connectivity index (χ2n) is 3.87. The summed E-state index contributed by atoms with van der Waals surface area (Å²) in [6.07, 6.45) is 1.83. The zero-order chi connectivity index (χ0) is 13.4. The summed E-state index contributed by atoms with van der Waals surface area (Å²) in [5.74, 6) is 0.420. The molecular weight excluding hydrogens is 230 g/mol. The third kappa shape index (κ3) is 4.59. The Kier molecular flexibility index (Phi) is 5.94. The zero-order valence-corrected chi connectivity index (χ0v) is 10.6. The summed E-state index contributed by atoms with van der Waals surface area (Å²) in [6.45, 7) is 5.83. The van der Waals surface area contributed by atoms with Crippen molar-refractivity contribution in [2.75, 3.05) is 13.2 Å². The van der Waals surface area contributed by atoms with Crippen LogP contribution < -0.4 is 10.1 Å². The molecule has 0 heterocycles. The number of ether oxygens (including phenoxy) is 1. The Bertz CT molecular complexity index is 387. The van der Waals surface area contributed by atoms with Gasteiger partial charge in [0.05, 0.1) is 6.10 Å². The molecule has 2 N–H and O–H groups in total. The second kappa shape index (κ2) is 7.50. The molecule has 1 atom stereocenters. The van der Waals surface area contributed by atoms with Gasteiger partial charge in [-0.2, -0.15) is 0 Å². The van der Waals surface area contributed by atoms with Gasteiger partial charge in [0.2, 0.25) is 0 Å². The van der Waals surface area contributed by atoms with Gasteiger partial charge < -0.3 is 15.2 Å². The molecule has 98 valence electrons. The lowest BCUT2D eigenvalue weighted by molar-refractivity contribution is -0.122. The van der Waals surface area contributed by atoms with Gasteiger partial charge in [0.1, 0.15) is 5.75 Å². The SMILES string of the molecule is C=CCNC(=O)COc1ccc([C@@H](O)CC)cc1. The van der Waals surface area contributed by atoms with Gasteiger partial charge in [0.15, 0.2) is 6.61 Å². The maximum absolute atomic E-state index is 11.3. The van der Waals surface area contributed by atoms with Crippen molar-refractivity contribution >= 4 is 5.91 Å². The monoisotopic (exact) mass is 249 g/mol. The molecule has 4 heteroatoms. The molecule has 0 aromatic heterocycles. The molecular formula is C14H19NO3. The van der Waals surface area contributed by atoms with Gasteiger partial charge in [0, 0.05) is 6.54 Å². The second-order valence-corrected chi connectivity index (χ2v) is 3.87. The highest BCUT2D eigenvalue weighted by atomic mass is 16.5. The molecule has 0 saturated heterocycles. The number of amides is 1. The van der Waals surface area contributed by atoms with E-state index in [0.717, 1.165) is 5.56 Å². The smallest absolute Gasteiger partial charge is 0.258 e. The number of rotatable bonds is 7. The first-order chi connectivity index (χ1) is 8.67. The van der Waals surface area contributed by atoms with E-state index in [-0.39, 0.29) is 12.5 Å². The number of hydrogen-bond acceptors (Lipinski definition) is 3. The van der Waals surface area contributed by atoms with Crippen molar-refractivity contribution in [2.45, 2.75) is 19.4 Å². The standard InChI is InChI=1S/C14H19NO3/c1-3-9-15-14(17)10-18-12-7-5-11(6-8-12)13(16)4-2/h3,5-8,13,16H,1,4,9-10H2,2H3,(H,15,17)/t13-/m0/s1. The molecule has 0 aliphatic carbocycles. The minimum absolute atomic E-state index is 0.0243. The molecule has 0 saturated carbocycles. The highest BCUT2D eigenvalue weighted by Gasteiger charge is 2.05. The van der Waals surface area contributed by atoms with Crippen molar-refractivity contribution in [2.24, 2.45) is 0 Å². The van der Waals surface area contributed by atoms with E-state index in [0.29, 0.717) is 18.7 Å². The number of carbonyl (C=O) groups excluding carboxylic acids is 1. The lowest BCUT2D eigenvalue weighted by atomic mass is 10.1. The molecule has 1 aromatic rings. The topological polar surface area (TPSA) is 58.6 Å². The van der Waals surface area contributed by atoms with Gasteiger partial charge in [-0.3, -0.25) is 4.79 Å². The molecule has 4 nitrogen and oxygen atoms in total. The molecule has 1 rings (SSSR count). The molecule has 0 aliphatic heterocycles. The lowest BCUT2D eigenvalue weighted by Crippen LogP contribution is -2.28. The highest BCUT2D eigenvalue weighted by molar-refractivity contribution is 5.77. The summed E-state index contributed by atoms with van der Waals surface area (Å²) in [5.41, 5.74) is 0.848. The Morgan fingerprint density at radius 1 is 1.50 bits per heavy atom. The Labute approximate surface area is 107 Å². The average molecular weight is 249 g/mol. The minimum Gasteiger partial charge on any atom is -0.484 e. The normalized spacial score (nSPS) is 11.7. The van der Waals surface area contributed by atoms with Gasteiger partial charge in [-0.15, -0.1) is 6.58 Å². The third-order valence-corrected chi connectivity index (χ3v) is 2.47. The predicted molar refractivity (Wildman–Crippen MR) is 70.4 cm³/mol. The molecule has 1 amide bonds. The summed E-state index contributed by atoms with van der Waals surface area (Å²) < 4.78 is 5.31. The Morgan fingerprint density at radius 2 is 2.17 bits per heavy atom. The maximum atomic E-state index is 11.3. The van der Waals surface area contributed by atoms with E-state index < -0.39 is 6.10 Å². The van der Waals surface area contributed by atoms with Gasteiger partial charge >= 0.3 is 0 Å². The molecule has 0 aliphatic rings. The van der Waals surface area contributed by atoms with E-state index in [1.54, 1.807) is 30.3 Å². The molecule has 1 aromatic carbocycles. The van der Waals surface area contributed by atoms with Crippen molar-refractivity contribution in [3.05, 3.63) is 42.5 Å². The summed E-state index contributed by atoms with van der Waals surface area (Å²) >= 11 is 0. The molecule has 0 unspecified atom stereocenters. The maximum Gasteiger partial charge on any atom is 0.258 e. The minimum atomic E-state index is -0.449. The number of benzene rings is 1. The van der Waals surface area contributed by atoms with Gasteiger partial charge in [0.25, 0.3) is 5.91 Å². The van der Waals surface area contributed by atoms with Gasteiger partial charge in [-0.25, -0.2) is 0 Å². The van der Waals surface area contributed by atoms with Crippen LogP contribution in [0.15, 0.2) is 36.9 Å². The number of hydrogen-bond donors (Lipinski definition) is 2. The largest absolute Gasteiger partial charge is 0.484 e. The van der Waals surface area contributed by atoms with Crippen LogP contribution in [0.4, 0.5) is 0 Å². The average Bonchev–Trinajstić information content (AvgIpc) is 2.42. The first-order valence-electron chi connectivity index (χ1n) is 5.95. The van der Waals surface area contributed by atoms with E-state index in [1.165, 1.54) is 0 Å². The van der Waals surface area contributed by atoms with E-state index in [2.05, 4.69) is 11.9 Å². The fourth-order valence-electron chi connectivity index (χ4n) is 1.41. The molecule has 0 radical (unpaired) electrons. The van der Waals surface area contributed by atoms with Crippen molar-refractivity contribution < 1.29 is 14.6 Å². The van der Waals surface area contributed by atoms with E-state index in [4.69, 9.17) is 4.74 Å². The quantitative estimate of drug-likeness (QED) is 0.725. The van der Waals surface area contributed by atoms with Crippen LogP contribution in [0.25, 0.3) is 0 Å².